The van der Waals surface area contributed by atoms with Crippen LogP contribution in [0.25, 0.3) is 17.1 Å². The summed E-state index contributed by atoms with van der Waals surface area (Å²) >= 11 is 21.6. The molecule has 4 aromatic rings. The third-order valence-corrected chi connectivity index (χ3v) is 5.63. The summed E-state index contributed by atoms with van der Waals surface area (Å²) in [5.41, 5.74) is 1.97. The molecule has 4 rings (SSSR count). The molecule has 3 aromatic carbocycles. The largest absolute Gasteiger partial charge is 0.319 e. The minimum absolute atomic E-state index is 0.00555. The molecule has 0 aliphatic rings. The van der Waals surface area contributed by atoms with Crippen LogP contribution in [0.5, 0.6) is 0 Å². The van der Waals surface area contributed by atoms with Crippen LogP contribution in [0.4, 0.5) is 5.69 Å². The van der Waals surface area contributed by atoms with Crippen molar-refractivity contribution in [2.75, 3.05) is 5.32 Å². The van der Waals surface area contributed by atoms with Gasteiger partial charge in [-0.3, -0.25) is 4.79 Å². The van der Waals surface area contributed by atoms with Crippen molar-refractivity contribution in [1.29, 1.82) is 0 Å². The number of benzene rings is 3. The van der Waals surface area contributed by atoms with Crippen molar-refractivity contribution in [3.05, 3.63) is 92.1 Å². The number of rotatable bonds is 4. The van der Waals surface area contributed by atoms with Gasteiger partial charge in [0, 0.05) is 20.7 Å². The highest BCUT2D eigenvalue weighted by Crippen LogP contribution is 2.28. The fraction of sp³-hybridized carbons (Fsp3) is 0. The predicted octanol–water partition coefficient (Wildman–Crippen LogP) is 6.91. The van der Waals surface area contributed by atoms with Gasteiger partial charge >= 0.3 is 0 Å². The van der Waals surface area contributed by atoms with E-state index in [1.807, 2.05) is 12.1 Å². The Morgan fingerprint density at radius 3 is 2.40 bits per heavy atom. The third kappa shape index (κ3) is 4.52. The Hall–Kier alpha value is -2.38. The molecule has 0 radical (unpaired) electrons. The number of carbonyl (C=O) groups is 1. The Balaban J connectivity index is 1.77. The molecule has 150 valence electrons. The summed E-state index contributed by atoms with van der Waals surface area (Å²) in [5, 5.41) is 8.59. The van der Waals surface area contributed by atoms with Crippen molar-refractivity contribution in [3.8, 4) is 17.1 Å². The van der Waals surface area contributed by atoms with Gasteiger partial charge in [0.2, 0.25) is 5.82 Å². The topological polar surface area (TPSA) is 59.8 Å². The van der Waals surface area contributed by atoms with Crippen LogP contribution in [0.3, 0.4) is 0 Å². The third-order valence-electron chi connectivity index (χ3n) is 4.14. The van der Waals surface area contributed by atoms with E-state index < -0.39 is 5.91 Å². The zero-order valence-corrected chi connectivity index (χ0v) is 19.0. The first-order valence-corrected chi connectivity index (χ1v) is 10.6. The fourth-order valence-corrected chi connectivity index (χ4v) is 3.56. The first kappa shape index (κ1) is 20.9. The molecule has 1 amide bonds. The Morgan fingerprint density at radius 1 is 0.933 bits per heavy atom. The lowest BCUT2D eigenvalue weighted by Gasteiger charge is -2.07. The summed E-state index contributed by atoms with van der Waals surface area (Å²) < 4.78 is 2.39. The summed E-state index contributed by atoms with van der Waals surface area (Å²) in [6.45, 7) is 0. The Bertz CT molecular complexity index is 1240. The Morgan fingerprint density at radius 2 is 1.70 bits per heavy atom. The summed E-state index contributed by atoms with van der Waals surface area (Å²) in [6.07, 6.45) is 0. The van der Waals surface area contributed by atoms with E-state index in [-0.39, 0.29) is 5.82 Å². The molecule has 0 aliphatic heterocycles. The maximum absolute atomic E-state index is 12.8. The van der Waals surface area contributed by atoms with E-state index in [1.54, 1.807) is 59.3 Å². The van der Waals surface area contributed by atoms with Gasteiger partial charge in [-0.05, 0) is 60.7 Å². The van der Waals surface area contributed by atoms with Crippen molar-refractivity contribution in [2.24, 2.45) is 0 Å². The second kappa shape index (κ2) is 8.78. The maximum atomic E-state index is 12.8. The lowest BCUT2D eigenvalue weighted by Crippen LogP contribution is -2.14. The predicted molar refractivity (Wildman–Crippen MR) is 124 cm³/mol. The van der Waals surface area contributed by atoms with Crippen LogP contribution in [-0.2, 0) is 0 Å². The minimum Gasteiger partial charge on any atom is -0.319 e. The molecule has 0 saturated carbocycles. The van der Waals surface area contributed by atoms with Crippen molar-refractivity contribution < 1.29 is 4.79 Å². The van der Waals surface area contributed by atoms with Crippen molar-refractivity contribution in [3.63, 3.8) is 0 Å². The van der Waals surface area contributed by atoms with Gasteiger partial charge in [-0.15, -0.1) is 5.10 Å². The molecule has 0 aliphatic carbocycles. The van der Waals surface area contributed by atoms with Crippen LogP contribution in [0.2, 0.25) is 15.1 Å². The molecule has 0 atom stereocenters. The number of hydrogen-bond acceptors (Lipinski definition) is 3. The minimum atomic E-state index is -0.442. The van der Waals surface area contributed by atoms with E-state index >= 15 is 0 Å². The van der Waals surface area contributed by atoms with Gasteiger partial charge in [-0.2, -0.15) is 0 Å². The molecule has 1 aromatic heterocycles. The number of carbonyl (C=O) groups excluding carboxylic acids is 1. The van der Waals surface area contributed by atoms with Crippen LogP contribution in [0, 0.1) is 0 Å². The summed E-state index contributed by atoms with van der Waals surface area (Å²) in [4.78, 5) is 17.3. The average molecular weight is 523 g/mol. The molecule has 0 spiro atoms. The molecule has 0 saturated heterocycles. The maximum Gasteiger partial charge on any atom is 0.295 e. The Kier molecular flexibility index (Phi) is 6.11. The molecule has 0 fully saturated rings. The van der Waals surface area contributed by atoms with Gasteiger partial charge in [-0.1, -0.05) is 56.8 Å². The number of hydrogen-bond donors (Lipinski definition) is 1. The number of halogens is 4. The highest BCUT2D eigenvalue weighted by Gasteiger charge is 2.19. The molecule has 1 heterocycles. The van der Waals surface area contributed by atoms with Gasteiger partial charge in [-0.25, -0.2) is 9.67 Å². The molecule has 9 heteroatoms. The number of nitrogens with one attached hydrogen (secondary N) is 1. The standard InChI is InChI=1S/C21H12BrCl3N4O/c22-13-2-1-3-15(10-13)26-21(30)19-27-20(12-4-6-14(23)7-5-12)29(28-19)16-8-9-17(24)18(25)11-16/h1-11H,(H,26,30). The van der Waals surface area contributed by atoms with E-state index in [2.05, 4.69) is 31.3 Å². The first-order chi connectivity index (χ1) is 14.4. The van der Waals surface area contributed by atoms with E-state index in [1.165, 1.54) is 0 Å². The molecular formula is C21H12BrCl3N4O. The molecule has 1 N–H and O–H groups in total. The zero-order valence-electron chi connectivity index (χ0n) is 15.1. The van der Waals surface area contributed by atoms with Gasteiger partial charge in [0.25, 0.3) is 5.91 Å². The molecule has 0 unspecified atom stereocenters. The molecule has 0 bridgehead atoms. The second-order valence-corrected chi connectivity index (χ2v) is 8.41. The van der Waals surface area contributed by atoms with Gasteiger partial charge in [0.15, 0.2) is 5.82 Å². The van der Waals surface area contributed by atoms with Crippen LogP contribution < -0.4 is 5.32 Å². The summed E-state index contributed by atoms with van der Waals surface area (Å²) in [5.74, 6) is 0.0255. The van der Waals surface area contributed by atoms with Crippen LogP contribution >= 0.6 is 50.7 Å². The van der Waals surface area contributed by atoms with Crippen LogP contribution in [-0.4, -0.2) is 20.7 Å². The lowest BCUT2D eigenvalue weighted by atomic mass is 10.2. The quantitative estimate of drug-likeness (QED) is 0.317. The average Bonchev–Trinajstić information content (AvgIpc) is 3.16. The number of aromatic nitrogens is 3. The highest BCUT2D eigenvalue weighted by molar-refractivity contribution is 9.10. The smallest absolute Gasteiger partial charge is 0.295 e. The van der Waals surface area contributed by atoms with E-state index in [9.17, 15) is 4.79 Å². The molecule has 5 nitrogen and oxygen atoms in total. The van der Waals surface area contributed by atoms with E-state index in [4.69, 9.17) is 34.8 Å². The number of anilines is 1. The van der Waals surface area contributed by atoms with E-state index in [0.29, 0.717) is 32.3 Å². The molecular weight excluding hydrogens is 511 g/mol. The zero-order chi connectivity index (χ0) is 21.3. The lowest BCUT2D eigenvalue weighted by molar-refractivity contribution is 0.101. The monoisotopic (exact) mass is 520 g/mol. The van der Waals surface area contributed by atoms with Crippen LogP contribution in [0.1, 0.15) is 10.6 Å². The molecule has 30 heavy (non-hydrogen) atoms. The Labute approximate surface area is 195 Å². The van der Waals surface area contributed by atoms with Crippen molar-refractivity contribution >= 4 is 62.3 Å². The van der Waals surface area contributed by atoms with Crippen molar-refractivity contribution in [1.82, 2.24) is 14.8 Å². The van der Waals surface area contributed by atoms with Crippen molar-refractivity contribution in [2.45, 2.75) is 0 Å². The van der Waals surface area contributed by atoms with E-state index in [0.717, 1.165) is 10.0 Å². The fourth-order valence-electron chi connectivity index (χ4n) is 2.74. The highest BCUT2D eigenvalue weighted by atomic mass is 79.9. The van der Waals surface area contributed by atoms with Gasteiger partial charge in [0.05, 0.1) is 15.7 Å². The number of amides is 1. The first-order valence-electron chi connectivity index (χ1n) is 8.66. The number of nitrogens with zero attached hydrogens (tertiary/aromatic N) is 3. The SMILES string of the molecule is O=C(Nc1cccc(Br)c1)c1nc(-c2ccc(Cl)cc2)n(-c2ccc(Cl)c(Cl)c2)n1. The summed E-state index contributed by atoms with van der Waals surface area (Å²) in [6, 6.07) is 19.4. The normalized spacial score (nSPS) is 10.8. The second-order valence-electron chi connectivity index (χ2n) is 6.24. The van der Waals surface area contributed by atoms with Gasteiger partial charge < -0.3 is 5.32 Å². The summed E-state index contributed by atoms with van der Waals surface area (Å²) in [7, 11) is 0. The van der Waals surface area contributed by atoms with Crippen LogP contribution in [0.15, 0.2) is 71.2 Å². The van der Waals surface area contributed by atoms with Gasteiger partial charge in [0.1, 0.15) is 0 Å².